The highest BCUT2D eigenvalue weighted by Crippen LogP contribution is 2.20. The van der Waals surface area contributed by atoms with Crippen molar-refractivity contribution in [2.75, 3.05) is 5.32 Å². The van der Waals surface area contributed by atoms with Gasteiger partial charge in [0.05, 0.1) is 4.90 Å². The minimum absolute atomic E-state index is 0.00320. The molecule has 0 fully saturated rings. The molecular weight excluding hydrogens is 392 g/mol. The number of benzene rings is 3. The van der Waals surface area contributed by atoms with Gasteiger partial charge in [0.15, 0.2) is 0 Å². The van der Waals surface area contributed by atoms with Gasteiger partial charge in [0, 0.05) is 12.6 Å². The van der Waals surface area contributed by atoms with E-state index in [-0.39, 0.29) is 17.2 Å². The van der Waals surface area contributed by atoms with Gasteiger partial charge in [-0.3, -0.25) is 9.59 Å². The number of nitrogens with one attached hydrogen (secondary N) is 2. The Morgan fingerprint density at radius 1 is 0.966 bits per heavy atom. The van der Waals surface area contributed by atoms with Crippen molar-refractivity contribution in [3.8, 4) is 0 Å². The lowest BCUT2D eigenvalue weighted by Gasteiger charge is -2.15. The van der Waals surface area contributed by atoms with Crippen LogP contribution in [0.5, 0.6) is 0 Å². The topological polar surface area (TPSA) is 113 Å². The van der Waals surface area contributed by atoms with Crippen LogP contribution in [0.1, 0.15) is 12.5 Å². The van der Waals surface area contributed by atoms with Crippen molar-refractivity contribution in [3.63, 3.8) is 0 Å². The second-order valence-corrected chi connectivity index (χ2v) is 8.32. The van der Waals surface area contributed by atoms with Gasteiger partial charge in [-0.1, -0.05) is 42.5 Å². The molecule has 3 N–H and O–H groups in total. The molecule has 3 aromatic carbocycles. The van der Waals surface area contributed by atoms with E-state index >= 15 is 0 Å². The fourth-order valence-electron chi connectivity index (χ4n) is 2.93. The Labute approximate surface area is 168 Å². The first-order chi connectivity index (χ1) is 13.7. The molecule has 0 aromatic heterocycles. The molecule has 0 aliphatic heterocycles. The standard InChI is InChI=1S/C21H20N2O5S/c1-14(24)22-18-9-6-15(7-10-18)12-20(21(25)26)23-29(27,28)19-11-8-16-4-2-3-5-17(16)13-19/h2-11,13,20,23H,12H2,1H3,(H,22,24)(H,25,26)/t20-/m1/s1. The van der Waals surface area contributed by atoms with Crippen molar-refractivity contribution >= 4 is 38.4 Å². The molecule has 8 heteroatoms. The van der Waals surface area contributed by atoms with E-state index < -0.39 is 22.0 Å². The number of carbonyl (C=O) groups is 2. The van der Waals surface area contributed by atoms with Crippen LogP contribution in [-0.2, 0) is 26.0 Å². The van der Waals surface area contributed by atoms with Crippen molar-refractivity contribution in [2.24, 2.45) is 0 Å². The SMILES string of the molecule is CC(=O)Nc1ccc(C[C@@H](NS(=O)(=O)c2ccc3ccccc3c2)C(=O)O)cc1. The number of sulfonamides is 1. The number of aliphatic carboxylic acids is 1. The molecule has 3 rings (SSSR count). The van der Waals surface area contributed by atoms with Gasteiger partial charge in [0.2, 0.25) is 15.9 Å². The highest BCUT2D eigenvalue weighted by atomic mass is 32.2. The maximum atomic E-state index is 12.7. The average molecular weight is 412 g/mol. The van der Waals surface area contributed by atoms with Gasteiger partial charge in [-0.25, -0.2) is 8.42 Å². The van der Waals surface area contributed by atoms with E-state index in [4.69, 9.17) is 0 Å². The molecule has 0 bridgehead atoms. The zero-order valence-electron chi connectivity index (χ0n) is 15.6. The molecule has 7 nitrogen and oxygen atoms in total. The first kappa shape index (κ1) is 20.5. The number of carboxylic acid groups (broad SMARTS) is 1. The summed E-state index contributed by atoms with van der Waals surface area (Å²) in [5.74, 6) is -1.50. The summed E-state index contributed by atoms with van der Waals surface area (Å²) in [6, 6.07) is 17.2. The van der Waals surface area contributed by atoms with Crippen LogP contribution in [0.4, 0.5) is 5.69 Å². The number of fused-ring (bicyclic) bond motifs is 1. The molecule has 0 heterocycles. The maximum absolute atomic E-state index is 12.7. The summed E-state index contributed by atoms with van der Waals surface area (Å²) in [6.45, 7) is 1.38. The maximum Gasteiger partial charge on any atom is 0.322 e. The highest BCUT2D eigenvalue weighted by Gasteiger charge is 2.26. The Bertz CT molecular complexity index is 1160. The van der Waals surface area contributed by atoms with Gasteiger partial charge in [-0.15, -0.1) is 0 Å². The number of carboxylic acids is 1. The van der Waals surface area contributed by atoms with Gasteiger partial charge in [-0.2, -0.15) is 4.72 Å². The summed E-state index contributed by atoms with van der Waals surface area (Å²) >= 11 is 0. The number of hydrogen-bond acceptors (Lipinski definition) is 4. The molecule has 0 radical (unpaired) electrons. The van der Waals surface area contributed by atoms with Crippen molar-refractivity contribution in [3.05, 3.63) is 72.3 Å². The fraction of sp³-hybridized carbons (Fsp3) is 0.143. The lowest BCUT2D eigenvalue weighted by atomic mass is 10.1. The number of hydrogen-bond donors (Lipinski definition) is 3. The third-order valence-electron chi connectivity index (χ3n) is 4.34. The van der Waals surface area contributed by atoms with Gasteiger partial charge in [-0.05, 0) is 47.0 Å². The summed E-state index contributed by atoms with van der Waals surface area (Å²) in [4.78, 5) is 22.7. The lowest BCUT2D eigenvalue weighted by Crippen LogP contribution is -2.42. The Morgan fingerprint density at radius 3 is 2.24 bits per heavy atom. The second-order valence-electron chi connectivity index (χ2n) is 6.60. The van der Waals surface area contributed by atoms with Gasteiger partial charge >= 0.3 is 5.97 Å². The van der Waals surface area contributed by atoms with Crippen LogP contribution in [0, 0.1) is 0 Å². The lowest BCUT2D eigenvalue weighted by molar-refractivity contribution is -0.138. The molecular formula is C21H20N2O5S. The van der Waals surface area contributed by atoms with Gasteiger partial charge in [0.1, 0.15) is 6.04 Å². The van der Waals surface area contributed by atoms with Crippen molar-refractivity contribution in [1.82, 2.24) is 4.72 Å². The Morgan fingerprint density at radius 2 is 1.62 bits per heavy atom. The Balaban J connectivity index is 1.79. The van der Waals surface area contributed by atoms with Crippen LogP contribution in [0.2, 0.25) is 0 Å². The van der Waals surface area contributed by atoms with Crippen molar-refractivity contribution in [2.45, 2.75) is 24.3 Å². The molecule has 0 unspecified atom stereocenters. The van der Waals surface area contributed by atoms with Crippen LogP contribution in [0.3, 0.4) is 0 Å². The zero-order valence-corrected chi connectivity index (χ0v) is 16.4. The van der Waals surface area contributed by atoms with Crippen LogP contribution >= 0.6 is 0 Å². The molecule has 0 spiro atoms. The summed E-state index contributed by atoms with van der Waals surface area (Å²) < 4.78 is 27.7. The molecule has 1 atom stereocenters. The molecule has 29 heavy (non-hydrogen) atoms. The van der Waals surface area contributed by atoms with E-state index in [9.17, 15) is 23.1 Å². The van der Waals surface area contributed by atoms with Crippen molar-refractivity contribution in [1.29, 1.82) is 0 Å². The molecule has 0 aliphatic carbocycles. The Kier molecular flexibility index (Phi) is 5.95. The summed E-state index contributed by atoms with van der Waals surface area (Å²) in [5.41, 5.74) is 1.19. The number of carbonyl (C=O) groups excluding carboxylic acids is 1. The summed E-state index contributed by atoms with van der Waals surface area (Å²) in [7, 11) is -4.03. The molecule has 1 amide bonds. The first-order valence-electron chi connectivity index (χ1n) is 8.85. The van der Waals surface area contributed by atoms with Crippen LogP contribution in [0.15, 0.2) is 71.6 Å². The van der Waals surface area contributed by atoms with E-state index in [1.54, 1.807) is 42.5 Å². The quantitative estimate of drug-likeness (QED) is 0.552. The van der Waals surface area contributed by atoms with Crippen LogP contribution < -0.4 is 10.0 Å². The smallest absolute Gasteiger partial charge is 0.322 e. The molecule has 150 valence electrons. The minimum atomic E-state index is -4.03. The predicted molar refractivity (Wildman–Crippen MR) is 110 cm³/mol. The second kappa shape index (κ2) is 8.42. The molecule has 0 saturated heterocycles. The molecule has 0 aliphatic rings. The average Bonchev–Trinajstić information content (AvgIpc) is 2.68. The largest absolute Gasteiger partial charge is 0.480 e. The van der Waals surface area contributed by atoms with E-state index in [0.29, 0.717) is 11.3 Å². The fourth-order valence-corrected chi connectivity index (χ4v) is 4.16. The van der Waals surface area contributed by atoms with E-state index in [1.807, 2.05) is 12.1 Å². The van der Waals surface area contributed by atoms with E-state index in [0.717, 1.165) is 10.8 Å². The molecule has 3 aromatic rings. The normalized spacial score (nSPS) is 12.4. The monoisotopic (exact) mass is 412 g/mol. The van der Waals surface area contributed by atoms with Crippen LogP contribution in [0.25, 0.3) is 10.8 Å². The predicted octanol–water partition coefficient (Wildman–Crippen LogP) is 2.77. The van der Waals surface area contributed by atoms with E-state index in [2.05, 4.69) is 10.0 Å². The molecule has 0 saturated carbocycles. The van der Waals surface area contributed by atoms with Crippen LogP contribution in [-0.4, -0.2) is 31.4 Å². The number of anilines is 1. The van der Waals surface area contributed by atoms with Gasteiger partial charge < -0.3 is 10.4 Å². The number of rotatable bonds is 7. The number of amides is 1. The van der Waals surface area contributed by atoms with E-state index in [1.165, 1.54) is 19.1 Å². The first-order valence-corrected chi connectivity index (χ1v) is 10.3. The Hall–Kier alpha value is -3.23. The summed E-state index contributed by atoms with van der Waals surface area (Å²) in [5, 5.41) is 13.8. The third kappa shape index (κ3) is 5.18. The third-order valence-corrected chi connectivity index (χ3v) is 5.81. The minimum Gasteiger partial charge on any atom is -0.480 e. The van der Waals surface area contributed by atoms with Crippen molar-refractivity contribution < 1.29 is 23.1 Å². The zero-order chi connectivity index (χ0) is 21.0. The summed E-state index contributed by atoms with van der Waals surface area (Å²) in [6.07, 6.45) is -0.0392. The highest BCUT2D eigenvalue weighted by molar-refractivity contribution is 7.89. The van der Waals surface area contributed by atoms with Gasteiger partial charge in [0.25, 0.3) is 0 Å².